The molecule has 0 aromatic carbocycles. The van der Waals surface area contributed by atoms with Crippen molar-refractivity contribution in [2.75, 3.05) is 0 Å². The first-order valence-corrected chi connectivity index (χ1v) is 12.9. The van der Waals surface area contributed by atoms with E-state index in [1.165, 1.54) is 64.2 Å². The van der Waals surface area contributed by atoms with Gasteiger partial charge in [0, 0.05) is 0 Å². The molecule has 0 aromatic heterocycles. The third-order valence-corrected chi connectivity index (χ3v) is 10.8. The molecule has 0 aromatic rings. The first-order chi connectivity index (χ1) is 13.3. The van der Waals surface area contributed by atoms with E-state index < -0.39 is 0 Å². The zero-order valence-corrected chi connectivity index (χ0v) is 19.6. The largest absolute Gasteiger partial charge is 0.393 e. The fourth-order valence-corrected chi connectivity index (χ4v) is 9.26. The van der Waals surface area contributed by atoms with E-state index in [9.17, 15) is 5.11 Å². The van der Waals surface area contributed by atoms with E-state index in [1.807, 2.05) is 0 Å². The van der Waals surface area contributed by atoms with E-state index in [1.54, 1.807) is 0 Å². The van der Waals surface area contributed by atoms with E-state index in [0.29, 0.717) is 10.8 Å². The first-order valence-electron chi connectivity index (χ1n) is 12.9. The highest BCUT2D eigenvalue weighted by Gasteiger charge is 2.60. The lowest BCUT2D eigenvalue weighted by atomic mass is 9.44. The molecule has 0 bridgehead atoms. The van der Waals surface area contributed by atoms with Gasteiger partial charge in [-0.2, -0.15) is 0 Å². The Morgan fingerprint density at radius 2 is 1.54 bits per heavy atom. The smallest absolute Gasteiger partial charge is 0.0543 e. The molecule has 0 radical (unpaired) electrons. The lowest BCUT2D eigenvalue weighted by Gasteiger charge is -2.61. The molecule has 1 nitrogen and oxygen atoms in total. The average molecular weight is 389 g/mol. The van der Waals surface area contributed by atoms with Crippen molar-refractivity contribution in [2.24, 2.45) is 52.3 Å². The van der Waals surface area contributed by atoms with E-state index >= 15 is 0 Å². The Morgan fingerprint density at radius 1 is 0.821 bits per heavy atom. The van der Waals surface area contributed by atoms with Crippen LogP contribution in [0.1, 0.15) is 112 Å². The zero-order valence-electron chi connectivity index (χ0n) is 19.6. The Labute approximate surface area is 175 Å². The lowest BCUT2D eigenvalue weighted by molar-refractivity contribution is -0.129. The molecule has 9 atom stereocenters. The van der Waals surface area contributed by atoms with Crippen LogP contribution in [0.5, 0.6) is 0 Å². The Morgan fingerprint density at radius 3 is 2.29 bits per heavy atom. The minimum atomic E-state index is -0.00830. The molecule has 0 aliphatic heterocycles. The molecule has 4 aliphatic carbocycles. The van der Waals surface area contributed by atoms with Gasteiger partial charge in [0.1, 0.15) is 0 Å². The monoisotopic (exact) mass is 388 g/mol. The molecule has 28 heavy (non-hydrogen) atoms. The highest BCUT2D eigenvalue weighted by molar-refractivity contribution is 5.09. The SMILES string of the molecule is CC(C)CCC[C@@H](C)[C@H]1CCC2C3CCC4CC(O)CC[C@]4(C)C3CC[C@@]21C. The van der Waals surface area contributed by atoms with Gasteiger partial charge in [-0.15, -0.1) is 0 Å². The van der Waals surface area contributed by atoms with Crippen LogP contribution in [0.25, 0.3) is 0 Å². The summed E-state index contributed by atoms with van der Waals surface area (Å²) in [5.74, 6) is 6.49. The standard InChI is InChI=1S/C27H48O/c1-18(2)7-6-8-19(3)23-11-12-24-22-10-9-20-17-21(28)13-15-26(20,4)25(22)14-16-27(23,24)5/h18-25,28H,6-17H2,1-5H3/t19-,20?,21?,22?,23-,24?,25?,26+,27-/m1/s1. The van der Waals surface area contributed by atoms with Crippen molar-refractivity contribution in [3.8, 4) is 0 Å². The van der Waals surface area contributed by atoms with Gasteiger partial charge in [-0.1, -0.05) is 53.9 Å². The second-order valence-corrected chi connectivity index (χ2v) is 12.6. The molecule has 4 fully saturated rings. The van der Waals surface area contributed by atoms with Gasteiger partial charge in [-0.05, 0) is 110 Å². The summed E-state index contributed by atoms with van der Waals surface area (Å²) in [6, 6.07) is 0. The zero-order chi connectivity index (χ0) is 20.1. The minimum absolute atomic E-state index is 0.00830. The van der Waals surface area contributed by atoms with Gasteiger partial charge < -0.3 is 5.11 Å². The maximum absolute atomic E-state index is 10.3. The second kappa shape index (κ2) is 7.90. The summed E-state index contributed by atoms with van der Waals surface area (Å²) >= 11 is 0. The number of hydrogen-bond donors (Lipinski definition) is 1. The van der Waals surface area contributed by atoms with E-state index in [-0.39, 0.29) is 6.10 Å². The van der Waals surface area contributed by atoms with Crippen LogP contribution >= 0.6 is 0 Å². The average Bonchev–Trinajstić information content (AvgIpc) is 2.99. The summed E-state index contributed by atoms with van der Waals surface area (Å²) in [7, 11) is 0. The van der Waals surface area contributed by atoms with Crippen molar-refractivity contribution in [3.05, 3.63) is 0 Å². The molecule has 4 aliphatic rings. The third kappa shape index (κ3) is 3.50. The van der Waals surface area contributed by atoms with Crippen LogP contribution in [0.15, 0.2) is 0 Å². The maximum Gasteiger partial charge on any atom is 0.0543 e. The molecule has 0 heterocycles. The molecule has 162 valence electrons. The fourth-order valence-electron chi connectivity index (χ4n) is 9.26. The first kappa shape index (κ1) is 21.2. The fraction of sp³-hybridized carbons (Fsp3) is 1.00. The summed E-state index contributed by atoms with van der Waals surface area (Å²) in [5.41, 5.74) is 1.15. The summed E-state index contributed by atoms with van der Waals surface area (Å²) in [4.78, 5) is 0. The van der Waals surface area contributed by atoms with Crippen LogP contribution in [-0.4, -0.2) is 11.2 Å². The Kier molecular flexibility index (Phi) is 5.98. The molecule has 1 heteroatoms. The van der Waals surface area contributed by atoms with Crippen molar-refractivity contribution < 1.29 is 5.11 Å². The van der Waals surface area contributed by atoms with Crippen LogP contribution in [0.2, 0.25) is 0 Å². The Hall–Kier alpha value is -0.0400. The second-order valence-electron chi connectivity index (χ2n) is 12.6. The number of hydrogen-bond acceptors (Lipinski definition) is 1. The highest BCUT2D eigenvalue weighted by atomic mass is 16.3. The van der Waals surface area contributed by atoms with Gasteiger partial charge >= 0.3 is 0 Å². The van der Waals surface area contributed by atoms with Crippen LogP contribution in [0.4, 0.5) is 0 Å². The van der Waals surface area contributed by atoms with Crippen molar-refractivity contribution in [2.45, 2.75) is 118 Å². The van der Waals surface area contributed by atoms with Crippen molar-refractivity contribution in [1.82, 2.24) is 0 Å². The molecular weight excluding hydrogens is 340 g/mol. The predicted octanol–water partition coefficient (Wildman–Crippen LogP) is 7.47. The number of aliphatic hydroxyl groups is 1. The number of fused-ring (bicyclic) bond motifs is 5. The van der Waals surface area contributed by atoms with E-state index in [2.05, 4.69) is 34.6 Å². The van der Waals surface area contributed by atoms with Crippen molar-refractivity contribution in [3.63, 3.8) is 0 Å². The molecular formula is C27H48O. The summed E-state index contributed by atoms with van der Waals surface area (Å²) in [5, 5.41) is 10.3. The molecule has 0 amide bonds. The Bertz CT molecular complexity index is 540. The number of aliphatic hydroxyl groups excluding tert-OH is 1. The van der Waals surface area contributed by atoms with Crippen LogP contribution in [-0.2, 0) is 0 Å². The van der Waals surface area contributed by atoms with Gasteiger partial charge in [0.05, 0.1) is 6.10 Å². The van der Waals surface area contributed by atoms with E-state index in [4.69, 9.17) is 0 Å². The van der Waals surface area contributed by atoms with Gasteiger partial charge in [-0.25, -0.2) is 0 Å². The van der Waals surface area contributed by atoms with Crippen molar-refractivity contribution >= 4 is 0 Å². The van der Waals surface area contributed by atoms with Gasteiger partial charge in [0.15, 0.2) is 0 Å². The van der Waals surface area contributed by atoms with E-state index in [0.717, 1.165) is 54.3 Å². The van der Waals surface area contributed by atoms with Crippen LogP contribution in [0, 0.1) is 52.3 Å². The van der Waals surface area contributed by atoms with Crippen LogP contribution < -0.4 is 0 Å². The quantitative estimate of drug-likeness (QED) is 0.518. The maximum atomic E-state index is 10.3. The topological polar surface area (TPSA) is 20.2 Å². The molecule has 5 unspecified atom stereocenters. The highest BCUT2D eigenvalue weighted by Crippen LogP contribution is 2.68. The molecule has 4 saturated carbocycles. The van der Waals surface area contributed by atoms with Gasteiger partial charge in [0.25, 0.3) is 0 Å². The molecule has 4 rings (SSSR count). The molecule has 1 N–H and O–H groups in total. The summed E-state index contributed by atoms with van der Waals surface area (Å²) < 4.78 is 0. The Balaban J connectivity index is 1.46. The molecule has 0 spiro atoms. The summed E-state index contributed by atoms with van der Waals surface area (Å²) in [6.45, 7) is 12.7. The minimum Gasteiger partial charge on any atom is -0.393 e. The normalized spacial score (nSPS) is 49.4. The molecule has 0 saturated heterocycles. The predicted molar refractivity (Wildman–Crippen MR) is 119 cm³/mol. The van der Waals surface area contributed by atoms with Crippen molar-refractivity contribution in [1.29, 1.82) is 0 Å². The lowest BCUT2D eigenvalue weighted by Crippen LogP contribution is -2.54. The number of rotatable bonds is 5. The van der Waals surface area contributed by atoms with Crippen LogP contribution in [0.3, 0.4) is 0 Å². The van der Waals surface area contributed by atoms with Gasteiger partial charge in [0.2, 0.25) is 0 Å². The third-order valence-electron chi connectivity index (χ3n) is 10.8. The van der Waals surface area contributed by atoms with Gasteiger partial charge in [-0.3, -0.25) is 0 Å². The summed E-state index contributed by atoms with van der Waals surface area (Å²) in [6.07, 6.45) is 16.6.